The summed E-state index contributed by atoms with van der Waals surface area (Å²) >= 11 is 0. The van der Waals surface area contributed by atoms with E-state index in [0.717, 1.165) is 36.1 Å². The Morgan fingerprint density at radius 3 is 2.28 bits per heavy atom. The van der Waals surface area contributed by atoms with Crippen LogP contribution in [0.15, 0.2) is 59.5 Å². The Balaban J connectivity index is 0.000000559. The first kappa shape index (κ1) is 35.1. The molecule has 3 fully saturated rings. The lowest BCUT2D eigenvalue weighted by atomic mass is 9.69. The molecule has 6 rings (SSSR count). The van der Waals surface area contributed by atoms with Crippen LogP contribution >= 0.6 is 0 Å². The van der Waals surface area contributed by atoms with Crippen molar-refractivity contribution < 1.29 is 39.9 Å². The number of sulfone groups is 1. The quantitative estimate of drug-likeness (QED) is 0.311. The van der Waals surface area contributed by atoms with E-state index in [1.165, 1.54) is 34.7 Å². The summed E-state index contributed by atoms with van der Waals surface area (Å²) in [6.45, 7) is 3.91. The number of aliphatic carboxylic acids is 1. The smallest absolute Gasteiger partial charge is 0.475 e. The van der Waals surface area contributed by atoms with Crippen LogP contribution in [-0.4, -0.2) is 74.5 Å². The average molecular weight is 696 g/mol. The van der Waals surface area contributed by atoms with E-state index >= 15 is 0 Å². The monoisotopic (exact) mass is 695 g/mol. The number of aryl methyl sites for hydroxylation is 1. The van der Waals surface area contributed by atoms with Gasteiger partial charge in [-0.2, -0.15) is 17.5 Å². The third-order valence-corrected chi connectivity index (χ3v) is 13.3. The fraction of sp³-hybridized carbons (Fsp3) is 0.515. The van der Waals surface area contributed by atoms with Gasteiger partial charge in [0.1, 0.15) is 15.7 Å². The Morgan fingerprint density at radius 1 is 1.00 bits per heavy atom. The van der Waals surface area contributed by atoms with Crippen LogP contribution in [0, 0.1) is 18.8 Å². The van der Waals surface area contributed by atoms with Crippen molar-refractivity contribution in [2.45, 2.75) is 68.4 Å². The lowest BCUT2D eigenvalue weighted by molar-refractivity contribution is -0.192. The molecule has 2 N–H and O–H groups in total. The lowest BCUT2D eigenvalue weighted by Gasteiger charge is -2.43. The van der Waals surface area contributed by atoms with Gasteiger partial charge in [0.2, 0.25) is 10.0 Å². The van der Waals surface area contributed by atoms with Gasteiger partial charge in [-0.1, -0.05) is 49.1 Å². The molecule has 1 aliphatic carbocycles. The summed E-state index contributed by atoms with van der Waals surface area (Å²) in [7, 11) is -6.51. The molecular weight excluding hydrogens is 656 g/mol. The third-order valence-electron chi connectivity index (χ3n) is 9.73. The number of carbonyl (C=O) groups is 1. The van der Waals surface area contributed by atoms with E-state index in [-0.39, 0.29) is 27.7 Å². The van der Waals surface area contributed by atoms with Crippen LogP contribution in [-0.2, 0) is 30.1 Å². The van der Waals surface area contributed by atoms with Crippen LogP contribution in [0.5, 0.6) is 0 Å². The summed E-state index contributed by atoms with van der Waals surface area (Å²) in [6.07, 6.45) is 2.29. The number of pyridine rings is 1. The molecule has 0 radical (unpaired) electrons. The number of sulfonamides is 1. The molecule has 2 aliphatic heterocycles. The van der Waals surface area contributed by atoms with E-state index in [1.807, 2.05) is 12.1 Å². The molecule has 0 spiro atoms. The largest absolute Gasteiger partial charge is 0.490 e. The Labute approximate surface area is 273 Å². The molecular formula is C33H40F3N3O6S2. The van der Waals surface area contributed by atoms with Gasteiger partial charge in [0.15, 0.2) is 0 Å². The fourth-order valence-electron chi connectivity index (χ4n) is 6.89. The number of hydrogen-bond donors (Lipinski definition) is 2. The summed E-state index contributed by atoms with van der Waals surface area (Å²) in [6, 6.07) is 18.0. The fourth-order valence-corrected chi connectivity index (χ4v) is 10.0. The van der Waals surface area contributed by atoms with Crippen LogP contribution in [0.3, 0.4) is 0 Å². The van der Waals surface area contributed by atoms with Gasteiger partial charge in [0.25, 0.3) is 0 Å². The van der Waals surface area contributed by atoms with Crippen LogP contribution in [0.25, 0.3) is 10.9 Å². The maximum atomic E-state index is 13.3. The molecule has 0 bridgehead atoms. The van der Waals surface area contributed by atoms with Gasteiger partial charge in [-0.05, 0) is 80.3 Å². The number of hydrogen-bond acceptors (Lipinski definition) is 7. The number of alkyl halides is 3. The van der Waals surface area contributed by atoms with Crippen LogP contribution in [0.2, 0.25) is 0 Å². The molecule has 2 aromatic carbocycles. The number of anilines is 1. The number of benzene rings is 2. The van der Waals surface area contributed by atoms with E-state index in [9.17, 15) is 30.0 Å². The van der Waals surface area contributed by atoms with Crippen molar-refractivity contribution in [3.05, 3.63) is 65.7 Å². The van der Waals surface area contributed by atoms with Crippen molar-refractivity contribution >= 4 is 42.6 Å². The van der Waals surface area contributed by atoms with Crippen molar-refractivity contribution in [2.24, 2.45) is 11.8 Å². The maximum absolute atomic E-state index is 13.3. The predicted octanol–water partition coefficient (Wildman–Crippen LogP) is 5.94. The molecule has 2 saturated heterocycles. The van der Waals surface area contributed by atoms with Gasteiger partial charge >= 0.3 is 12.1 Å². The Kier molecular flexibility index (Phi) is 10.2. The molecule has 1 saturated carbocycles. The molecule has 47 heavy (non-hydrogen) atoms. The molecule has 1 aromatic heterocycles. The summed E-state index contributed by atoms with van der Waals surface area (Å²) < 4.78 is 83.4. The Morgan fingerprint density at radius 2 is 1.66 bits per heavy atom. The second-order valence-electron chi connectivity index (χ2n) is 13.0. The van der Waals surface area contributed by atoms with Gasteiger partial charge in [-0.3, -0.25) is 0 Å². The highest BCUT2D eigenvalue weighted by molar-refractivity contribution is 7.91. The highest BCUT2D eigenvalue weighted by Gasteiger charge is 2.42. The molecule has 0 unspecified atom stereocenters. The van der Waals surface area contributed by atoms with E-state index in [4.69, 9.17) is 14.9 Å². The number of rotatable bonds is 7. The standard InChI is InChI=1S/C31H39N3O4S2.C2HF3O2/c1-23-6-5-7-27(18-23)31(14-3-2-4-15-31)22-32-30-11-8-25-19-28(9-10-29(25)33-30)40(37,38)34-20-26(21-34)24-12-16-39(35,36)17-13-24;3-2(4,5)1(6)7/h5-11,18-19,24,26H,2-4,12-17,20-22H2,1H3,(H,32,33);(H,6,7). The Hall–Kier alpha value is -3.23. The Bertz CT molecular complexity index is 1810. The third kappa shape index (κ3) is 8.26. The van der Waals surface area contributed by atoms with E-state index in [1.54, 1.807) is 18.2 Å². The zero-order valence-corrected chi connectivity index (χ0v) is 27.8. The first-order valence-corrected chi connectivity index (χ1v) is 19.1. The highest BCUT2D eigenvalue weighted by Crippen LogP contribution is 2.40. The minimum atomic E-state index is -5.08. The van der Waals surface area contributed by atoms with Gasteiger partial charge < -0.3 is 10.4 Å². The first-order chi connectivity index (χ1) is 22.1. The van der Waals surface area contributed by atoms with Crippen molar-refractivity contribution in [3.63, 3.8) is 0 Å². The van der Waals surface area contributed by atoms with Crippen LogP contribution in [0.4, 0.5) is 19.0 Å². The molecule has 0 atom stereocenters. The molecule has 3 aromatic rings. The summed E-state index contributed by atoms with van der Waals surface area (Å²) in [5.41, 5.74) is 3.55. The topological polar surface area (TPSA) is 134 Å². The molecule has 3 aliphatic rings. The zero-order valence-electron chi connectivity index (χ0n) is 26.2. The number of nitrogens with one attached hydrogen (secondary N) is 1. The predicted molar refractivity (Wildman–Crippen MR) is 173 cm³/mol. The van der Waals surface area contributed by atoms with E-state index in [0.29, 0.717) is 31.8 Å². The number of carboxylic acid groups (broad SMARTS) is 1. The minimum Gasteiger partial charge on any atom is -0.475 e. The van der Waals surface area contributed by atoms with Crippen LogP contribution < -0.4 is 5.32 Å². The van der Waals surface area contributed by atoms with Gasteiger partial charge in [0, 0.05) is 30.4 Å². The molecule has 9 nitrogen and oxygen atoms in total. The summed E-state index contributed by atoms with van der Waals surface area (Å²) in [4.78, 5) is 14.0. The van der Waals surface area contributed by atoms with E-state index < -0.39 is 32.0 Å². The average Bonchev–Trinajstić information content (AvgIpc) is 3.00. The SMILES string of the molecule is Cc1cccc(C2(CNc3ccc4cc(S(=O)(=O)N5CC(C6CCS(=O)(=O)CC6)C5)ccc4n3)CCCCC2)c1.O=C(O)C(F)(F)F. The molecule has 14 heteroatoms. The minimum absolute atomic E-state index is 0.0970. The second kappa shape index (κ2) is 13.7. The second-order valence-corrected chi connectivity index (χ2v) is 17.2. The van der Waals surface area contributed by atoms with Crippen molar-refractivity contribution in [3.8, 4) is 0 Å². The number of halogens is 3. The van der Waals surface area contributed by atoms with Crippen molar-refractivity contribution in [2.75, 3.05) is 36.5 Å². The highest BCUT2D eigenvalue weighted by atomic mass is 32.2. The van der Waals surface area contributed by atoms with Gasteiger partial charge in [0.05, 0.1) is 21.9 Å². The number of nitrogens with zero attached hydrogens (tertiary/aromatic N) is 2. The molecule has 0 amide bonds. The number of fused-ring (bicyclic) bond motifs is 1. The van der Waals surface area contributed by atoms with Crippen LogP contribution in [0.1, 0.15) is 56.1 Å². The van der Waals surface area contributed by atoms with Gasteiger partial charge in [-0.25, -0.2) is 26.6 Å². The summed E-state index contributed by atoms with van der Waals surface area (Å²) in [5, 5.41) is 11.5. The summed E-state index contributed by atoms with van der Waals surface area (Å²) in [5.74, 6) is -0.966. The zero-order chi connectivity index (χ0) is 34.0. The molecule has 3 heterocycles. The lowest BCUT2D eigenvalue weighted by Crippen LogP contribution is -2.53. The van der Waals surface area contributed by atoms with Crippen molar-refractivity contribution in [1.29, 1.82) is 0 Å². The number of aromatic nitrogens is 1. The van der Waals surface area contributed by atoms with E-state index in [2.05, 4.69) is 36.5 Å². The molecule has 256 valence electrons. The normalized spacial score (nSPS) is 20.5. The maximum Gasteiger partial charge on any atom is 0.490 e. The first-order valence-electron chi connectivity index (χ1n) is 15.8. The van der Waals surface area contributed by atoms with Crippen molar-refractivity contribution in [1.82, 2.24) is 9.29 Å². The number of carboxylic acids is 1. The van der Waals surface area contributed by atoms with Gasteiger partial charge in [-0.15, -0.1) is 0 Å².